The molecule has 1 saturated heterocycles. The molecule has 3 rings (SSSR count). The Kier molecular flexibility index (Phi) is 9.58. The van der Waals surface area contributed by atoms with Gasteiger partial charge in [0, 0.05) is 18.3 Å². The zero-order valence-corrected chi connectivity index (χ0v) is 19.7. The molecule has 1 aromatic carbocycles. The van der Waals surface area contributed by atoms with Crippen LogP contribution in [0, 0.1) is 6.92 Å². The molecular weight excluding hydrogens is 426 g/mol. The lowest BCUT2D eigenvalue weighted by Gasteiger charge is -2.27. The Labute approximate surface area is 193 Å². The molecule has 2 heterocycles. The number of carbonyl (C=O) groups is 2. The molecule has 9 heteroatoms. The second-order valence-corrected chi connectivity index (χ2v) is 9.31. The number of aryl methyl sites for hydroxylation is 1. The van der Waals surface area contributed by atoms with Crippen molar-refractivity contribution in [3.05, 3.63) is 39.8 Å². The highest BCUT2D eigenvalue weighted by Crippen LogP contribution is 2.15. The van der Waals surface area contributed by atoms with E-state index in [9.17, 15) is 9.59 Å². The first-order valence-electron chi connectivity index (χ1n) is 11.3. The standard InChI is InChI=1S/C23H33N5O3S/c1-17-7-9-19(10-8-17)25-22(30)23-27-26-21(32-23)16-31-15-20(29)24-12-11-18(2)28-13-5-3-4-6-14-28/h7-10,18H,3-6,11-16H2,1-2H3,(H,24,29)(H,25,30)/t18-/m0/s1. The van der Waals surface area contributed by atoms with Crippen LogP contribution in [-0.4, -0.2) is 59.2 Å². The summed E-state index contributed by atoms with van der Waals surface area (Å²) in [5.41, 5.74) is 1.82. The van der Waals surface area contributed by atoms with Gasteiger partial charge in [0.15, 0.2) is 0 Å². The van der Waals surface area contributed by atoms with Crippen molar-refractivity contribution in [2.75, 3.05) is 31.6 Å². The van der Waals surface area contributed by atoms with Gasteiger partial charge in [-0.15, -0.1) is 10.2 Å². The molecule has 1 aromatic heterocycles. The van der Waals surface area contributed by atoms with E-state index >= 15 is 0 Å². The highest BCUT2D eigenvalue weighted by molar-refractivity contribution is 7.13. The number of aromatic nitrogens is 2. The number of likely N-dealkylation sites (tertiary alicyclic amines) is 1. The van der Waals surface area contributed by atoms with Crippen molar-refractivity contribution in [3.8, 4) is 0 Å². The molecule has 8 nitrogen and oxygen atoms in total. The lowest BCUT2D eigenvalue weighted by molar-refractivity contribution is -0.126. The summed E-state index contributed by atoms with van der Waals surface area (Å²) in [6, 6.07) is 8.00. The molecule has 174 valence electrons. The molecule has 32 heavy (non-hydrogen) atoms. The van der Waals surface area contributed by atoms with E-state index < -0.39 is 0 Å². The fraction of sp³-hybridized carbons (Fsp3) is 0.565. The number of hydrogen-bond acceptors (Lipinski definition) is 7. The van der Waals surface area contributed by atoms with Crippen molar-refractivity contribution in [2.24, 2.45) is 0 Å². The summed E-state index contributed by atoms with van der Waals surface area (Å²) in [7, 11) is 0. The summed E-state index contributed by atoms with van der Waals surface area (Å²) in [5, 5.41) is 14.4. The fourth-order valence-corrected chi connectivity index (χ4v) is 4.32. The number of anilines is 1. The van der Waals surface area contributed by atoms with Crippen LogP contribution in [0.3, 0.4) is 0 Å². The number of nitrogens with one attached hydrogen (secondary N) is 2. The van der Waals surface area contributed by atoms with E-state index in [1.165, 1.54) is 25.7 Å². The Balaban J connectivity index is 1.32. The van der Waals surface area contributed by atoms with Crippen LogP contribution >= 0.6 is 11.3 Å². The molecule has 0 bridgehead atoms. The molecule has 0 aliphatic carbocycles. The maximum Gasteiger partial charge on any atom is 0.286 e. The molecule has 2 N–H and O–H groups in total. The Hall–Kier alpha value is -2.36. The number of benzene rings is 1. The molecule has 0 unspecified atom stereocenters. The minimum Gasteiger partial charge on any atom is -0.364 e. The molecule has 0 spiro atoms. The van der Waals surface area contributed by atoms with E-state index in [1.807, 2.05) is 31.2 Å². The van der Waals surface area contributed by atoms with Crippen LogP contribution in [0.2, 0.25) is 0 Å². The molecule has 1 fully saturated rings. The van der Waals surface area contributed by atoms with E-state index in [1.54, 1.807) is 0 Å². The van der Waals surface area contributed by atoms with Crippen LogP contribution in [0.25, 0.3) is 0 Å². The summed E-state index contributed by atoms with van der Waals surface area (Å²) in [6.07, 6.45) is 6.12. The van der Waals surface area contributed by atoms with Gasteiger partial charge < -0.3 is 20.3 Å². The third-order valence-corrected chi connectivity index (χ3v) is 6.47. The van der Waals surface area contributed by atoms with Gasteiger partial charge in [0.2, 0.25) is 10.9 Å². The van der Waals surface area contributed by atoms with Gasteiger partial charge in [-0.05, 0) is 58.3 Å². The molecule has 1 aliphatic rings. The summed E-state index contributed by atoms with van der Waals surface area (Å²) >= 11 is 1.16. The van der Waals surface area contributed by atoms with E-state index in [2.05, 4.69) is 32.7 Å². The number of hydrogen-bond donors (Lipinski definition) is 2. The monoisotopic (exact) mass is 459 g/mol. The maximum absolute atomic E-state index is 12.3. The zero-order chi connectivity index (χ0) is 22.8. The minimum atomic E-state index is -0.311. The number of carbonyl (C=O) groups excluding carboxylic acids is 2. The molecule has 0 saturated carbocycles. The highest BCUT2D eigenvalue weighted by atomic mass is 32.1. The Bertz CT molecular complexity index is 863. The van der Waals surface area contributed by atoms with Crippen LogP contribution in [-0.2, 0) is 16.1 Å². The molecule has 2 aromatic rings. The lowest BCUT2D eigenvalue weighted by Crippen LogP contribution is -2.37. The number of nitrogens with zero attached hydrogens (tertiary/aromatic N) is 3. The number of amides is 2. The Morgan fingerprint density at radius 3 is 2.56 bits per heavy atom. The van der Waals surface area contributed by atoms with Crippen LogP contribution in [0.15, 0.2) is 24.3 Å². The Morgan fingerprint density at radius 2 is 1.84 bits per heavy atom. The molecule has 0 radical (unpaired) electrons. The SMILES string of the molecule is Cc1ccc(NC(=O)c2nnc(COCC(=O)NCC[C@H](C)N3CCCCCC3)s2)cc1. The number of rotatable bonds is 10. The van der Waals surface area contributed by atoms with Crippen molar-refractivity contribution in [3.63, 3.8) is 0 Å². The van der Waals surface area contributed by atoms with Gasteiger partial charge in [-0.3, -0.25) is 9.59 Å². The topological polar surface area (TPSA) is 96.5 Å². The van der Waals surface area contributed by atoms with Crippen molar-refractivity contribution in [2.45, 2.75) is 58.6 Å². The zero-order valence-electron chi connectivity index (χ0n) is 18.9. The highest BCUT2D eigenvalue weighted by Gasteiger charge is 2.16. The van der Waals surface area contributed by atoms with Gasteiger partial charge in [0.25, 0.3) is 5.91 Å². The third-order valence-electron chi connectivity index (χ3n) is 5.58. The number of ether oxygens (including phenoxy) is 1. The van der Waals surface area contributed by atoms with Crippen molar-refractivity contribution in [1.82, 2.24) is 20.4 Å². The van der Waals surface area contributed by atoms with Crippen molar-refractivity contribution >= 4 is 28.8 Å². The maximum atomic E-state index is 12.3. The average Bonchev–Trinajstić information content (AvgIpc) is 3.08. The quantitative estimate of drug-likeness (QED) is 0.565. The van der Waals surface area contributed by atoms with Crippen LogP contribution in [0.4, 0.5) is 5.69 Å². The van der Waals surface area contributed by atoms with Crippen LogP contribution < -0.4 is 10.6 Å². The average molecular weight is 460 g/mol. The summed E-state index contributed by atoms with van der Waals surface area (Å²) < 4.78 is 5.45. The van der Waals surface area contributed by atoms with Gasteiger partial charge in [-0.25, -0.2) is 0 Å². The molecule has 1 aliphatic heterocycles. The van der Waals surface area contributed by atoms with E-state index in [0.29, 0.717) is 23.3 Å². The lowest BCUT2D eigenvalue weighted by atomic mass is 10.2. The second-order valence-electron chi connectivity index (χ2n) is 8.25. The van der Waals surface area contributed by atoms with E-state index in [0.717, 1.165) is 36.4 Å². The summed E-state index contributed by atoms with van der Waals surface area (Å²) in [6.45, 7) is 7.28. The predicted molar refractivity (Wildman–Crippen MR) is 126 cm³/mol. The summed E-state index contributed by atoms with van der Waals surface area (Å²) in [4.78, 5) is 26.9. The molecule has 2 amide bonds. The first-order valence-corrected chi connectivity index (χ1v) is 12.1. The summed E-state index contributed by atoms with van der Waals surface area (Å²) in [5.74, 6) is -0.455. The molecular formula is C23H33N5O3S. The predicted octanol–water partition coefficient (Wildman–Crippen LogP) is 3.39. The van der Waals surface area contributed by atoms with Crippen molar-refractivity contribution in [1.29, 1.82) is 0 Å². The van der Waals surface area contributed by atoms with Crippen molar-refractivity contribution < 1.29 is 14.3 Å². The molecule has 1 atom stereocenters. The van der Waals surface area contributed by atoms with E-state index in [4.69, 9.17) is 4.74 Å². The van der Waals surface area contributed by atoms with Crippen LogP contribution in [0.1, 0.15) is 59.4 Å². The van der Waals surface area contributed by atoms with Gasteiger partial charge in [-0.1, -0.05) is 41.9 Å². The largest absolute Gasteiger partial charge is 0.364 e. The fourth-order valence-electron chi connectivity index (χ4n) is 3.65. The third kappa shape index (κ3) is 7.96. The first-order chi connectivity index (χ1) is 15.5. The first kappa shape index (κ1) is 24.3. The minimum absolute atomic E-state index is 0.0391. The van der Waals surface area contributed by atoms with Gasteiger partial charge in [-0.2, -0.15) is 0 Å². The van der Waals surface area contributed by atoms with Crippen LogP contribution in [0.5, 0.6) is 0 Å². The normalized spacial score (nSPS) is 15.7. The smallest absolute Gasteiger partial charge is 0.286 e. The van der Waals surface area contributed by atoms with Gasteiger partial charge in [0.1, 0.15) is 18.2 Å². The Morgan fingerprint density at radius 1 is 1.12 bits per heavy atom. The van der Waals surface area contributed by atoms with Gasteiger partial charge in [0.05, 0.1) is 0 Å². The second kappa shape index (κ2) is 12.6. The van der Waals surface area contributed by atoms with E-state index in [-0.39, 0.29) is 30.0 Å². The van der Waals surface area contributed by atoms with Gasteiger partial charge >= 0.3 is 0 Å².